The number of hydrogen-bond acceptors (Lipinski definition) is 4. The predicted octanol–water partition coefficient (Wildman–Crippen LogP) is 3.34. The maximum atomic E-state index is 12.9. The molecule has 1 aromatic carbocycles. The Morgan fingerprint density at radius 3 is 2.68 bits per heavy atom. The van der Waals surface area contributed by atoms with Crippen LogP contribution in [0.15, 0.2) is 32.1 Å². The number of benzene rings is 1. The van der Waals surface area contributed by atoms with E-state index in [2.05, 4.69) is 25.8 Å². The summed E-state index contributed by atoms with van der Waals surface area (Å²) >= 11 is 8.84. The molecule has 0 fully saturated rings. The van der Waals surface area contributed by atoms with Gasteiger partial charge < -0.3 is 4.52 Å². The Morgan fingerprint density at radius 2 is 2.16 bits per heavy atom. The molecule has 1 heterocycles. The van der Waals surface area contributed by atoms with Crippen LogP contribution in [-0.4, -0.2) is 13.6 Å². The number of nitrogens with zero attached hydrogens (tertiary/aromatic N) is 1. The van der Waals surface area contributed by atoms with Crippen molar-refractivity contribution >= 4 is 43.4 Å². The van der Waals surface area contributed by atoms with Crippen molar-refractivity contribution < 1.29 is 17.3 Å². The number of anilines is 1. The standard InChI is InChI=1S/C10H7BrClFN2O3S/c1-5-9(11)10(18-14-5)15-19(16,17)8-3-2-6(13)4-7(8)12/h2-4,15H,1H3. The van der Waals surface area contributed by atoms with E-state index in [0.29, 0.717) is 10.2 Å². The number of aromatic nitrogens is 1. The number of sulfonamides is 1. The molecule has 2 rings (SSSR count). The number of hydrogen-bond donors (Lipinski definition) is 1. The fraction of sp³-hybridized carbons (Fsp3) is 0.100. The molecule has 0 aliphatic carbocycles. The summed E-state index contributed by atoms with van der Waals surface area (Å²) in [5.74, 6) is -0.696. The Kier molecular flexibility index (Phi) is 3.84. The topological polar surface area (TPSA) is 72.2 Å². The first-order valence-electron chi connectivity index (χ1n) is 4.91. The van der Waals surface area contributed by atoms with Gasteiger partial charge in [-0.05, 0) is 41.1 Å². The fourth-order valence-electron chi connectivity index (χ4n) is 1.29. The minimum atomic E-state index is -3.98. The molecule has 0 bridgehead atoms. The lowest BCUT2D eigenvalue weighted by atomic mass is 10.3. The van der Waals surface area contributed by atoms with Crippen LogP contribution in [0.3, 0.4) is 0 Å². The zero-order chi connectivity index (χ0) is 14.2. The summed E-state index contributed by atoms with van der Waals surface area (Å²) < 4.78 is 44.4. The Balaban J connectivity index is 2.41. The van der Waals surface area contributed by atoms with E-state index in [1.54, 1.807) is 6.92 Å². The van der Waals surface area contributed by atoms with Crippen molar-refractivity contribution in [1.82, 2.24) is 5.16 Å². The molecule has 0 saturated carbocycles. The van der Waals surface area contributed by atoms with Gasteiger partial charge >= 0.3 is 0 Å². The third-order valence-electron chi connectivity index (χ3n) is 2.20. The SMILES string of the molecule is Cc1noc(NS(=O)(=O)c2ccc(F)cc2Cl)c1Br. The number of nitrogens with one attached hydrogen (secondary N) is 1. The first kappa shape index (κ1) is 14.3. The van der Waals surface area contributed by atoms with Crippen LogP contribution < -0.4 is 4.72 Å². The van der Waals surface area contributed by atoms with Crippen molar-refractivity contribution in [2.45, 2.75) is 11.8 Å². The smallest absolute Gasteiger partial charge is 0.265 e. The van der Waals surface area contributed by atoms with Gasteiger partial charge in [0.05, 0.1) is 10.7 Å². The molecular formula is C10H7BrClFN2O3S. The molecule has 2 aromatic rings. The summed E-state index contributed by atoms with van der Waals surface area (Å²) in [7, 11) is -3.98. The second-order valence-corrected chi connectivity index (χ2v) is 6.44. The van der Waals surface area contributed by atoms with Gasteiger partial charge in [-0.2, -0.15) is 0 Å². The van der Waals surface area contributed by atoms with Gasteiger partial charge in [-0.25, -0.2) is 17.5 Å². The molecule has 0 atom stereocenters. The lowest BCUT2D eigenvalue weighted by Crippen LogP contribution is -2.13. The van der Waals surface area contributed by atoms with E-state index < -0.39 is 15.8 Å². The molecular weight excluding hydrogens is 363 g/mol. The minimum Gasteiger partial charge on any atom is -0.336 e. The second kappa shape index (κ2) is 5.10. The molecule has 1 N–H and O–H groups in total. The number of aryl methyl sites for hydroxylation is 1. The predicted molar refractivity (Wildman–Crippen MR) is 71.2 cm³/mol. The Labute approximate surface area is 121 Å². The maximum Gasteiger partial charge on any atom is 0.265 e. The van der Waals surface area contributed by atoms with Crippen molar-refractivity contribution in [2.75, 3.05) is 4.72 Å². The van der Waals surface area contributed by atoms with E-state index in [-0.39, 0.29) is 15.8 Å². The zero-order valence-electron chi connectivity index (χ0n) is 9.45. The third kappa shape index (κ3) is 2.90. The molecule has 0 spiro atoms. The third-order valence-corrected chi connectivity index (χ3v) is 4.95. The molecule has 19 heavy (non-hydrogen) atoms. The largest absolute Gasteiger partial charge is 0.336 e. The van der Waals surface area contributed by atoms with Gasteiger partial charge in [0.15, 0.2) is 0 Å². The van der Waals surface area contributed by atoms with Crippen LogP contribution >= 0.6 is 27.5 Å². The number of rotatable bonds is 3. The van der Waals surface area contributed by atoms with E-state index in [0.717, 1.165) is 18.2 Å². The monoisotopic (exact) mass is 368 g/mol. The van der Waals surface area contributed by atoms with Crippen LogP contribution in [-0.2, 0) is 10.0 Å². The molecule has 0 amide bonds. The van der Waals surface area contributed by atoms with Crippen LogP contribution in [0.5, 0.6) is 0 Å². The van der Waals surface area contributed by atoms with Crippen molar-refractivity contribution in [2.24, 2.45) is 0 Å². The van der Waals surface area contributed by atoms with Gasteiger partial charge in [-0.1, -0.05) is 16.8 Å². The first-order valence-corrected chi connectivity index (χ1v) is 7.56. The Hall–Kier alpha value is -1.12. The van der Waals surface area contributed by atoms with E-state index in [1.807, 2.05) is 0 Å². The van der Waals surface area contributed by atoms with Crippen molar-refractivity contribution in [3.63, 3.8) is 0 Å². The lowest BCUT2D eigenvalue weighted by molar-refractivity contribution is 0.430. The molecule has 0 saturated heterocycles. The fourth-order valence-corrected chi connectivity index (χ4v) is 3.20. The highest BCUT2D eigenvalue weighted by Gasteiger charge is 2.22. The average molecular weight is 370 g/mol. The molecule has 0 unspecified atom stereocenters. The van der Waals surface area contributed by atoms with Gasteiger partial charge in [-0.3, -0.25) is 0 Å². The molecule has 0 aliphatic heterocycles. The molecule has 0 radical (unpaired) electrons. The molecule has 9 heteroatoms. The maximum absolute atomic E-state index is 12.9. The summed E-state index contributed by atoms with van der Waals surface area (Å²) in [4.78, 5) is -0.253. The zero-order valence-corrected chi connectivity index (χ0v) is 12.6. The average Bonchev–Trinajstić information content (AvgIpc) is 2.60. The molecule has 1 aromatic heterocycles. The van der Waals surface area contributed by atoms with Gasteiger partial charge in [0.2, 0.25) is 0 Å². The highest BCUT2D eigenvalue weighted by molar-refractivity contribution is 9.10. The summed E-state index contributed by atoms with van der Waals surface area (Å²) in [5, 5.41) is 3.37. The Morgan fingerprint density at radius 1 is 1.47 bits per heavy atom. The summed E-state index contributed by atoms with van der Waals surface area (Å²) in [6, 6.07) is 2.98. The summed E-state index contributed by atoms with van der Waals surface area (Å²) in [6.07, 6.45) is 0. The van der Waals surface area contributed by atoms with Gasteiger partial charge in [0, 0.05) is 0 Å². The van der Waals surface area contributed by atoms with Gasteiger partial charge in [-0.15, -0.1) is 0 Å². The summed E-state index contributed by atoms with van der Waals surface area (Å²) in [5.41, 5.74) is 0.489. The van der Waals surface area contributed by atoms with Crippen LogP contribution in [0, 0.1) is 12.7 Å². The quantitative estimate of drug-likeness (QED) is 0.900. The van der Waals surface area contributed by atoms with Crippen LogP contribution in [0.2, 0.25) is 5.02 Å². The summed E-state index contributed by atoms with van der Waals surface area (Å²) in [6.45, 7) is 1.64. The normalized spacial score (nSPS) is 11.6. The molecule has 102 valence electrons. The van der Waals surface area contributed by atoms with E-state index in [9.17, 15) is 12.8 Å². The van der Waals surface area contributed by atoms with E-state index in [1.165, 1.54) is 0 Å². The van der Waals surface area contributed by atoms with Crippen molar-refractivity contribution in [3.8, 4) is 0 Å². The van der Waals surface area contributed by atoms with Gasteiger partial charge in [0.1, 0.15) is 15.2 Å². The molecule has 0 aliphatic rings. The first-order chi connectivity index (χ1) is 8.81. The Bertz CT molecular complexity index is 732. The van der Waals surface area contributed by atoms with Crippen molar-refractivity contribution in [1.29, 1.82) is 0 Å². The van der Waals surface area contributed by atoms with Crippen LogP contribution in [0.25, 0.3) is 0 Å². The number of halogens is 3. The minimum absolute atomic E-state index is 0.0714. The second-order valence-electron chi connectivity index (χ2n) is 3.59. The van der Waals surface area contributed by atoms with Crippen LogP contribution in [0.4, 0.5) is 10.3 Å². The van der Waals surface area contributed by atoms with E-state index in [4.69, 9.17) is 16.1 Å². The van der Waals surface area contributed by atoms with Crippen molar-refractivity contribution in [3.05, 3.63) is 39.2 Å². The van der Waals surface area contributed by atoms with Gasteiger partial charge in [0.25, 0.3) is 15.9 Å². The molecule has 5 nitrogen and oxygen atoms in total. The highest BCUT2D eigenvalue weighted by Crippen LogP contribution is 2.29. The highest BCUT2D eigenvalue weighted by atomic mass is 79.9. The van der Waals surface area contributed by atoms with E-state index >= 15 is 0 Å². The van der Waals surface area contributed by atoms with Crippen LogP contribution in [0.1, 0.15) is 5.69 Å². The lowest BCUT2D eigenvalue weighted by Gasteiger charge is -2.07.